The molecule has 1 atom stereocenters. The Morgan fingerprint density at radius 1 is 1.47 bits per heavy atom. The van der Waals surface area contributed by atoms with Crippen molar-refractivity contribution in [1.82, 2.24) is 15.3 Å². The molecule has 0 amide bonds. The van der Waals surface area contributed by atoms with Gasteiger partial charge in [0.25, 0.3) is 0 Å². The third-order valence-electron chi connectivity index (χ3n) is 3.57. The van der Waals surface area contributed by atoms with Crippen LogP contribution in [0.2, 0.25) is 0 Å². The van der Waals surface area contributed by atoms with Gasteiger partial charge in [-0.2, -0.15) is 0 Å². The number of aromatic nitrogens is 2. The van der Waals surface area contributed by atoms with Crippen LogP contribution < -0.4 is 5.32 Å². The maximum atomic E-state index is 4.70. The summed E-state index contributed by atoms with van der Waals surface area (Å²) in [6.45, 7) is 7.48. The number of aromatic amines is 1. The summed E-state index contributed by atoms with van der Waals surface area (Å²) in [4.78, 5) is 8.20. The molecule has 0 saturated carbocycles. The van der Waals surface area contributed by atoms with Crippen molar-refractivity contribution in [3.8, 4) is 0 Å². The van der Waals surface area contributed by atoms with E-state index < -0.39 is 0 Å². The molecule has 0 bridgehead atoms. The number of hydrogen-bond acceptors (Lipinski definition) is 2. The average Bonchev–Trinajstić information content (AvgIpc) is 2.69. The van der Waals surface area contributed by atoms with Crippen LogP contribution in [0.1, 0.15) is 57.2 Å². The molecule has 3 nitrogen and oxygen atoms in total. The van der Waals surface area contributed by atoms with Crippen molar-refractivity contribution < 1.29 is 0 Å². The van der Waals surface area contributed by atoms with Gasteiger partial charge in [-0.05, 0) is 25.2 Å². The predicted molar refractivity (Wildman–Crippen MR) is 71.0 cm³/mol. The molecule has 0 aromatic carbocycles. The second-order valence-corrected chi connectivity index (χ2v) is 5.54. The van der Waals surface area contributed by atoms with Gasteiger partial charge >= 0.3 is 0 Å². The van der Waals surface area contributed by atoms with Gasteiger partial charge in [0.2, 0.25) is 0 Å². The monoisotopic (exact) mass is 235 g/mol. The van der Waals surface area contributed by atoms with E-state index in [0.717, 1.165) is 24.7 Å². The lowest BCUT2D eigenvalue weighted by Crippen LogP contribution is -2.22. The first-order chi connectivity index (χ1) is 8.19. The first-order valence-corrected chi connectivity index (χ1v) is 6.99. The maximum Gasteiger partial charge on any atom is 0.120 e. The summed E-state index contributed by atoms with van der Waals surface area (Å²) >= 11 is 0. The highest BCUT2D eigenvalue weighted by atomic mass is 15.0. The second kappa shape index (κ2) is 5.67. The molecule has 3 heteroatoms. The molecule has 96 valence electrons. The number of H-pyrrole nitrogens is 1. The van der Waals surface area contributed by atoms with Gasteiger partial charge in [0.15, 0.2) is 0 Å². The van der Waals surface area contributed by atoms with Crippen LogP contribution in [-0.2, 0) is 19.4 Å². The van der Waals surface area contributed by atoms with E-state index in [2.05, 4.69) is 31.1 Å². The molecule has 0 radical (unpaired) electrons. The fraction of sp³-hybridized carbons (Fsp3) is 0.786. The first kappa shape index (κ1) is 12.6. The lowest BCUT2D eigenvalue weighted by Gasteiger charge is -2.20. The van der Waals surface area contributed by atoms with E-state index in [1.54, 1.807) is 0 Å². The van der Waals surface area contributed by atoms with Crippen LogP contribution >= 0.6 is 0 Å². The van der Waals surface area contributed by atoms with Crippen LogP contribution in [-0.4, -0.2) is 16.0 Å². The van der Waals surface area contributed by atoms with E-state index in [1.165, 1.54) is 37.1 Å². The molecule has 2 N–H and O–H groups in total. The highest BCUT2D eigenvalue weighted by Crippen LogP contribution is 2.26. The van der Waals surface area contributed by atoms with Gasteiger partial charge in [0.1, 0.15) is 5.82 Å². The molecule has 0 spiro atoms. The second-order valence-electron chi connectivity index (χ2n) is 5.54. The van der Waals surface area contributed by atoms with Crippen LogP contribution in [0.3, 0.4) is 0 Å². The SMILES string of the molecule is CCCC1CCc2nc(CNC(C)C)[nH]c2C1. The normalized spacial score (nSPS) is 19.6. The van der Waals surface area contributed by atoms with E-state index in [9.17, 15) is 0 Å². The Balaban J connectivity index is 1.96. The topological polar surface area (TPSA) is 40.7 Å². The maximum absolute atomic E-state index is 4.70. The lowest BCUT2D eigenvalue weighted by atomic mass is 9.87. The molecular formula is C14H25N3. The molecular weight excluding hydrogens is 210 g/mol. The zero-order chi connectivity index (χ0) is 12.3. The molecule has 17 heavy (non-hydrogen) atoms. The highest BCUT2D eigenvalue weighted by Gasteiger charge is 2.21. The average molecular weight is 235 g/mol. The van der Waals surface area contributed by atoms with Crippen molar-refractivity contribution in [1.29, 1.82) is 0 Å². The van der Waals surface area contributed by atoms with Gasteiger partial charge in [0, 0.05) is 11.7 Å². The summed E-state index contributed by atoms with van der Waals surface area (Å²) in [5.74, 6) is 1.99. The van der Waals surface area contributed by atoms with Gasteiger partial charge in [-0.15, -0.1) is 0 Å². The van der Waals surface area contributed by atoms with Crippen molar-refractivity contribution in [2.45, 2.75) is 65.5 Å². The quantitative estimate of drug-likeness (QED) is 0.824. The molecule has 1 aromatic rings. The van der Waals surface area contributed by atoms with Crippen LogP contribution in [0.25, 0.3) is 0 Å². The Morgan fingerprint density at radius 2 is 2.29 bits per heavy atom. The van der Waals surface area contributed by atoms with Gasteiger partial charge in [-0.25, -0.2) is 4.98 Å². The fourth-order valence-electron chi connectivity index (χ4n) is 2.65. The highest BCUT2D eigenvalue weighted by molar-refractivity contribution is 5.18. The zero-order valence-corrected chi connectivity index (χ0v) is 11.3. The molecule has 1 heterocycles. The van der Waals surface area contributed by atoms with E-state index in [1.807, 2.05) is 0 Å². The predicted octanol–water partition coefficient (Wildman–Crippen LogP) is 2.81. The van der Waals surface area contributed by atoms with Crippen molar-refractivity contribution in [3.05, 3.63) is 17.2 Å². The third kappa shape index (κ3) is 3.32. The van der Waals surface area contributed by atoms with Gasteiger partial charge in [0.05, 0.1) is 12.2 Å². The number of aryl methyl sites for hydroxylation is 1. The number of hydrogen-bond donors (Lipinski definition) is 2. The molecule has 1 aliphatic carbocycles. The summed E-state index contributed by atoms with van der Waals surface area (Å²) in [6.07, 6.45) is 6.35. The Kier molecular flexibility index (Phi) is 4.21. The van der Waals surface area contributed by atoms with Gasteiger partial charge in [-0.3, -0.25) is 0 Å². The van der Waals surface area contributed by atoms with Crippen LogP contribution in [0.4, 0.5) is 0 Å². The standard InChI is InChI=1S/C14H25N3/c1-4-5-11-6-7-12-13(8-11)17-14(16-12)9-15-10(2)3/h10-11,15H,4-9H2,1-3H3,(H,16,17). The van der Waals surface area contributed by atoms with Gasteiger partial charge in [-0.1, -0.05) is 33.6 Å². The Labute approximate surface area is 104 Å². The summed E-state index contributed by atoms with van der Waals surface area (Å²) in [7, 11) is 0. The molecule has 0 aliphatic heterocycles. The minimum atomic E-state index is 0.518. The zero-order valence-electron chi connectivity index (χ0n) is 11.3. The van der Waals surface area contributed by atoms with Crippen molar-refractivity contribution >= 4 is 0 Å². The van der Waals surface area contributed by atoms with Crippen LogP contribution in [0.15, 0.2) is 0 Å². The van der Waals surface area contributed by atoms with Crippen LogP contribution in [0, 0.1) is 5.92 Å². The minimum Gasteiger partial charge on any atom is -0.345 e. The number of imidazole rings is 1. The van der Waals surface area contributed by atoms with Crippen molar-refractivity contribution in [3.63, 3.8) is 0 Å². The van der Waals surface area contributed by atoms with Crippen molar-refractivity contribution in [2.75, 3.05) is 0 Å². The minimum absolute atomic E-state index is 0.518. The van der Waals surface area contributed by atoms with E-state index in [-0.39, 0.29) is 0 Å². The molecule has 1 unspecified atom stereocenters. The Bertz CT molecular complexity index is 354. The lowest BCUT2D eigenvalue weighted by molar-refractivity contribution is 0.416. The molecule has 1 aromatic heterocycles. The molecule has 2 rings (SSSR count). The third-order valence-corrected chi connectivity index (χ3v) is 3.57. The summed E-state index contributed by atoms with van der Waals surface area (Å²) in [5, 5.41) is 3.41. The molecule has 1 aliphatic rings. The van der Waals surface area contributed by atoms with Gasteiger partial charge < -0.3 is 10.3 Å². The smallest absolute Gasteiger partial charge is 0.120 e. The van der Waals surface area contributed by atoms with Crippen molar-refractivity contribution in [2.24, 2.45) is 5.92 Å². The Hall–Kier alpha value is -0.830. The summed E-state index contributed by atoms with van der Waals surface area (Å²) < 4.78 is 0. The van der Waals surface area contributed by atoms with E-state index in [0.29, 0.717) is 6.04 Å². The first-order valence-electron chi connectivity index (χ1n) is 6.99. The number of nitrogens with zero attached hydrogens (tertiary/aromatic N) is 1. The van der Waals surface area contributed by atoms with E-state index >= 15 is 0 Å². The Morgan fingerprint density at radius 3 is 3.00 bits per heavy atom. The molecule has 0 fully saturated rings. The molecule has 0 saturated heterocycles. The number of rotatable bonds is 5. The number of fused-ring (bicyclic) bond motifs is 1. The largest absolute Gasteiger partial charge is 0.345 e. The van der Waals surface area contributed by atoms with E-state index in [4.69, 9.17) is 4.98 Å². The number of nitrogens with one attached hydrogen (secondary N) is 2. The fourth-order valence-corrected chi connectivity index (χ4v) is 2.65. The summed E-state index contributed by atoms with van der Waals surface area (Å²) in [5.41, 5.74) is 2.72. The van der Waals surface area contributed by atoms with Crippen LogP contribution in [0.5, 0.6) is 0 Å². The summed E-state index contributed by atoms with van der Waals surface area (Å²) in [6, 6.07) is 0.518.